The van der Waals surface area contributed by atoms with E-state index in [-0.39, 0.29) is 18.0 Å². The zero-order chi connectivity index (χ0) is 16.8. The van der Waals surface area contributed by atoms with E-state index in [0.717, 1.165) is 18.2 Å². The summed E-state index contributed by atoms with van der Waals surface area (Å²) in [5.41, 5.74) is 0.529. The van der Waals surface area contributed by atoms with Crippen LogP contribution in [0.15, 0.2) is 48.5 Å². The lowest BCUT2D eigenvalue weighted by Gasteiger charge is -2.14. The molecule has 1 atom stereocenters. The van der Waals surface area contributed by atoms with Gasteiger partial charge in [0.2, 0.25) is 5.91 Å². The fraction of sp³-hybridized carbons (Fsp3) is 0.176. The van der Waals surface area contributed by atoms with Crippen molar-refractivity contribution in [2.45, 2.75) is 19.4 Å². The van der Waals surface area contributed by atoms with Gasteiger partial charge in [-0.25, -0.2) is 8.78 Å². The first kappa shape index (κ1) is 16.6. The molecule has 2 aromatic rings. The summed E-state index contributed by atoms with van der Waals surface area (Å²) in [5, 5.41) is 5.08. The lowest BCUT2D eigenvalue weighted by Crippen LogP contribution is -2.35. The Morgan fingerprint density at radius 1 is 1.04 bits per heavy atom. The van der Waals surface area contributed by atoms with Gasteiger partial charge in [-0.3, -0.25) is 9.59 Å². The predicted octanol–water partition coefficient (Wildman–Crippen LogP) is 3.11. The molecule has 0 fully saturated rings. The maximum absolute atomic E-state index is 13.1. The summed E-state index contributed by atoms with van der Waals surface area (Å²) in [6.45, 7) is 1.67. The molecular formula is C17H16F2N2O2. The molecule has 6 heteroatoms. The molecule has 0 aliphatic rings. The molecule has 120 valence electrons. The topological polar surface area (TPSA) is 58.2 Å². The van der Waals surface area contributed by atoms with Gasteiger partial charge >= 0.3 is 0 Å². The third-order valence-electron chi connectivity index (χ3n) is 3.05. The zero-order valence-corrected chi connectivity index (χ0v) is 12.5. The summed E-state index contributed by atoms with van der Waals surface area (Å²) in [6, 6.07) is 10.9. The normalized spacial score (nSPS) is 11.6. The number of carbonyl (C=O) groups is 2. The van der Waals surface area contributed by atoms with Crippen LogP contribution in [0, 0.1) is 11.6 Å². The van der Waals surface area contributed by atoms with Crippen LogP contribution in [0.1, 0.15) is 23.7 Å². The molecule has 0 heterocycles. The molecule has 23 heavy (non-hydrogen) atoms. The minimum absolute atomic E-state index is 0.0172. The van der Waals surface area contributed by atoms with Crippen molar-refractivity contribution in [3.63, 3.8) is 0 Å². The lowest BCUT2D eigenvalue weighted by molar-refractivity contribution is -0.116. The van der Waals surface area contributed by atoms with Crippen molar-refractivity contribution >= 4 is 17.5 Å². The Bertz CT molecular complexity index is 685. The summed E-state index contributed by atoms with van der Waals surface area (Å²) >= 11 is 0. The number of nitrogens with one attached hydrogen (secondary N) is 2. The van der Waals surface area contributed by atoms with Crippen molar-refractivity contribution in [3.05, 3.63) is 65.7 Å². The van der Waals surface area contributed by atoms with Crippen LogP contribution in [0.25, 0.3) is 0 Å². The maximum Gasteiger partial charge on any atom is 0.251 e. The van der Waals surface area contributed by atoms with E-state index in [1.54, 1.807) is 37.3 Å². The Morgan fingerprint density at radius 2 is 1.65 bits per heavy atom. The van der Waals surface area contributed by atoms with E-state index in [1.165, 1.54) is 0 Å². The summed E-state index contributed by atoms with van der Waals surface area (Å²) in [4.78, 5) is 23.8. The molecule has 0 saturated carbocycles. The molecule has 0 aliphatic heterocycles. The second kappa shape index (κ2) is 7.49. The molecule has 0 bridgehead atoms. The molecule has 0 spiro atoms. The van der Waals surface area contributed by atoms with Gasteiger partial charge in [0, 0.05) is 29.8 Å². The van der Waals surface area contributed by atoms with Crippen molar-refractivity contribution in [2.24, 2.45) is 0 Å². The SMILES string of the molecule is C[C@@H](CC(=O)Nc1cc(F)cc(F)c1)NC(=O)c1ccccc1. The Morgan fingerprint density at radius 3 is 2.26 bits per heavy atom. The standard InChI is InChI=1S/C17H16F2N2O2/c1-11(20-17(23)12-5-3-2-4-6-12)7-16(22)21-15-9-13(18)8-14(19)10-15/h2-6,8-11H,7H2,1H3,(H,20,23)(H,21,22)/t11-/m0/s1. The van der Waals surface area contributed by atoms with E-state index in [2.05, 4.69) is 10.6 Å². The van der Waals surface area contributed by atoms with Crippen LogP contribution in [0.3, 0.4) is 0 Å². The number of anilines is 1. The highest BCUT2D eigenvalue weighted by Crippen LogP contribution is 2.13. The second-order valence-electron chi connectivity index (χ2n) is 5.15. The van der Waals surface area contributed by atoms with Crippen LogP contribution in [0.4, 0.5) is 14.5 Å². The van der Waals surface area contributed by atoms with Crippen molar-refractivity contribution in [3.8, 4) is 0 Å². The summed E-state index contributed by atoms with van der Waals surface area (Å²) in [5.74, 6) is -2.28. The van der Waals surface area contributed by atoms with E-state index in [0.29, 0.717) is 5.56 Å². The number of halogens is 2. The molecule has 2 amide bonds. The monoisotopic (exact) mass is 318 g/mol. The van der Waals surface area contributed by atoms with Gasteiger partial charge in [0.05, 0.1) is 0 Å². The first-order valence-electron chi connectivity index (χ1n) is 7.06. The van der Waals surface area contributed by atoms with E-state index in [1.807, 2.05) is 0 Å². The first-order chi connectivity index (χ1) is 10.9. The van der Waals surface area contributed by atoms with Crippen molar-refractivity contribution in [1.29, 1.82) is 0 Å². The highest BCUT2D eigenvalue weighted by molar-refractivity contribution is 5.95. The summed E-state index contributed by atoms with van der Waals surface area (Å²) < 4.78 is 26.1. The lowest BCUT2D eigenvalue weighted by atomic mass is 10.1. The van der Waals surface area contributed by atoms with Gasteiger partial charge in [-0.2, -0.15) is 0 Å². The molecule has 0 aliphatic carbocycles. The number of amides is 2. The van der Waals surface area contributed by atoms with Crippen LogP contribution in [-0.2, 0) is 4.79 Å². The first-order valence-corrected chi connectivity index (χ1v) is 7.06. The number of benzene rings is 2. The minimum Gasteiger partial charge on any atom is -0.349 e. The molecule has 2 N–H and O–H groups in total. The molecule has 0 radical (unpaired) electrons. The summed E-state index contributed by atoms with van der Waals surface area (Å²) in [7, 11) is 0. The third-order valence-corrected chi connectivity index (χ3v) is 3.05. The number of carbonyl (C=O) groups excluding carboxylic acids is 2. The Kier molecular flexibility index (Phi) is 5.41. The Labute approximate surface area is 132 Å². The van der Waals surface area contributed by atoms with Gasteiger partial charge < -0.3 is 10.6 Å². The molecule has 0 aromatic heterocycles. The Hall–Kier alpha value is -2.76. The molecule has 2 aromatic carbocycles. The summed E-state index contributed by atoms with van der Waals surface area (Å²) in [6.07, 6.45) is -0.0172. The average molecular weight is 318 g/mol. The highest BCUT2D eigenvalue weighted by Gasteiger charge is 2.13. The van der Waals surface area contributed by atoms with Gasteiger partial charge in [0.25, 0.3) is 5.91 Å². The van der Waals surface area contributed by atoms with E-state index in [9.17, 15) is 18.4 Å². The number of rotatable bonds is 5. The van der Waals surface area contributed by atoms with Gasteiger partial charge in [-0.05, 0) is 31.2 Å². The fourth-order valence-electron chi connectivity index (χ4n) is 2.06. The molecule has 0 unspecified atom stereocenters. The van der Waals surface area contributed by atoms with Gasteiger partial charge in [0.1, 0.15) is 11.6 Å². The van der Waals surface area contributed by atoms with E-state index in [4.69, 9.17) is 0 Å². The van der Waals surface area contributed by atoms with Crippen molar-refractivity contribution in [1.82, 2.24) is 5.32 Å². The van der Waals surface area contributed by atoms with Crippen LogP contribution in [0.5, 0.6) is 0 Å². The molecular weight excluding hydrogens is 302 g/mol. The second-order valence-corrected chi connectivity index (χ2v) is 5.15. The quantitative estimate of drug-likeness (QED) is 0.890. The highest BCUT2D eigenvalue weighted by atomic mass is 19.1. The van der Waals surface area contributed by atoms with E-state index < -0.39 is 23.6 Å². The molecule has 0 saturated heterocycles. The van der Waals surface area contributed by atoms with Gasteiger partial charge in [-0.1, -0.05) is 18.2 Å². The van der Waals surface area contributed by atoms with E-state index >= 15 is 0 Å². The van der Waals surface area contributed by atoms with Crippen LogP contribution < -0.4 is 10.6 Å². The fourth-order valence-corrected chi connectivity index (χ4v) is 2.06. The largest absolute Gasteiger partial charge is 0.349 e. The van der Waals surface area contributed by atoms with Crippen LogP contribution >= 0.6 is 0 Å². The van der Waals surface area contributed by atoms with Crippen LogP contribution in [0.2, 0.25) is 0 Å². The van der Waals surface area contributed by atoms with Crippen LogP contribution in [-0.4, -0.2) is 17.9 Å². The number of hydrogen-bond acceptors (Lipinski definition) is 2. The molecule has 2 rings (SSSR count). The van der Waals surface area contributed by atoms with Crippen molar-refractivity contribution in [2.75, 3.05) is 5.32 Å². The van der Waals surface area contributed by atoms with Gasteiger partial charge in [-0.15, -0.1) is 0 Å². The predicted molar refractivity (Wildman–Crippen MR) is 83.0 cm³/mol. The zero-order valence-electron chi connectivity index (χ0n) is 12.5. The maximum atomic E-state index is 13.1. The molecule has 4 nitrogen and oxygen atoms in total. The van der Waals surface area contributed by atoms with Crippen molar-refractivity contribution < 1.29 is 18.4 Å². The van der Waals surface area contributed by atoms with Gasteiger partial charge in [0.15, 0.2) is 0 Å². The minimum atomic E-state index is -0.772. The average Bonchev–Trinajstić information content (AvgIpc) is 2.46. The Balaban J connectivity index is 1.88. The third kappa shape index (κ3) is 5.18. The number of hydrogen-bond donors (Lipinski definition) is 2. The smallest absolute Gasteiger partial charge is 0.251 e.